The Balaban J connectivity index is 1.94. The number of carbonyl (C=O) groups excluding carboxylic acids is 2. The van der Waals surface area contributed by atoms with E-state index in [1.807, 2.05) is 66.7 Å². The van der Waals surface area contributed by atoms with E-state index in [-0.39, 0.29) is 17.9 Å². The predicted molar refractivity (Wildman–Crippen MR) is 130 cm³/mol. The largest absolute Gasteiger partial charge is 0.458 e. The predicted octanol–water partition coefficient (Wildman–Crippen LogP) is 6.82. The number of ether oxygens (including phenoxy) is 2. The van der Waals surface area contributed by atoms with E-state index in [2.05, 4.69) is 13.8 Å². The Morgan fingerprint density at radius 3 is 1.33 bits per heavy atom. The van der Waals surface area contributed by atoms with Crippen molar-refractivity contribution in [1.29, 1.82) is 0 Å². The Morgan fingerprint density at radius 2 is 0.970 bits per heavy atom. The molecule has 0 saturated heterocycles. The van der Waals surface area contributed by atoms with Gasteiger partial charge in [0.05, 0.1) is 17.0 Å². The molecule has 33 heavy (non-hydrogen) atoms. The monoisotopic (exact) mass is 444 g/mol. The number of hydrogen-bond donors (Lipinski definition) is 0. The minimum absolute atomic E-state index is 0.272. The first-order valence-corrected chi connectivity index (χ1v) is 11.7. The van der Waals surface area contributed by atoms with Crippen LogP contribution in [-0.2, 0) is 9.47 Å². The molecule has 0 fully saturated rings. The van der Waals surface area contributed by atoms with Gasteiger partial charge in [-0.25, -0.2) is 9.59 Å². The van der Waals surface area contributed by atoms with E-state index >= 15 is 0 Å². The third-order valence-electron chi connectivity index (χ3n) is 5.67. The smallest absolute Gasteiger partial charge is 0.338 e. The molecule has 0 saturated carbocycles. The first-order valence-electron chi connectivity index (χ1n) is 11.7. The van der Waals surface area contributed by atoms with E-state index in [4.69, 9.17) is 9.47 Å². The lowest BCUT2D eigenvalue weighted by Gasteiger charge is -2.33. The lowest BCUT2D eigenvalue weighted by molar-refractivity contribution is -0.0167. The van der Waals surface area contributed by atoms with Crippen LogP contribution in [0.15, 0.2) is 91.0 Å². The second kappa shape index (κ2) is 12.6. The summed E-state index contributed by atoms with van der Waals surface area (Å²) in [7, 11) is 0. The van der Waals surface area contributed by atoms with Gasteiger partial charge in [-0.1, -0.05) is 93.4 Å². The summed E-state index contributed by atoms with van der Waals surface area (Å²) >= 11 is 0. The lowest BCUT2D eigenvalue weighted by atomic mass is 9.84. The lowest BCUT2D eigenvalue weighted by Crippen LogP contribution is -2.36. The average Bonchev–Trinajstić information content (AvgIpc) is 2.86. The maximum atomic E-state index is 13.0. The molecular weight excluding hydrogens is 412 g/mol. The van der Waals surface area contributed by atoms with E-state index in [0.717, 1.165) is 18.4 Å². The second-order valence-electron chi connectivity index (χ2n) is 8.13. The third-order valence-corrected chi connectivity index (χ3v) is 5.67. The van der Waals surface area contributed by atoms with Crippen LogP contribution < -0.4 is 0 Å². The molecule has 0 bridgehead atoms. The van der Waals surface area contributed by atoms with Crippen molar-refractivity contribution in [3.05, 3.63) is 108 Å². The van der Waals surface area contributed by atoms with E-state index in [0.29, 0.717) is 24.0 Å². The number of hydrogen-bond acceptors (Lipinski definition) is 4. The maximum Gasteiger partial charge on any atom is 0.338 e. The Morgan fingerprint density at radius 1 is 0.606 bits per heavy atom. The molecule has 0 aliphatic rings. The van der Waals surface area contributed by atoms with E-state index in [1.165, 1.54) is 0 Å². The molecule has 0 heterocycles. The number of esters is 2. The van der Waals surface area contributed by atoms with Gasteiger partial charge in [0, 0.05) is 0 Å². The summed E-state index contributed by atoms with van der Waals surface area (Å²) < 4.78 is 12.2. The summed E-state index contributed by atoms with van der Waals surface area (Å²) in [6.45, 7) is 4.13. The average molecular weight is 445 g/mol. The van der Waals surface area contributed by atoms with E-state index in [9.17, 15) is 9.59 Å². The highest BCUT2D eigenvalue weighted by atomic mass is 16.6. The fourth-order valence-electron chi connectivity index (χ4n) is 4.10. The zero-order chi connectivity index (χ0) is 23.5. The maximum absolute atomic E-state index is 13.0. The van der Waals surface area contributed by atoms with Crippen molar-refractivity contribution in [2.24, 2.45) is 0 Å². The highest BCUT2D eigenvalue weighted by Gasteiger charge is 2.35. The Labute approximate surface area is 196 Å². The third kappa shape index (κ3) is 6.79. The summed E-state index contributed by atoms with van der Waals surface area (Å²) in [6.07, 6.45) is 2.15. The Kier molecular flexibility index (Phi) is 9.25. The van der Waals surface area contributed by atoms with Gasteiger partial charge in [0.15, 0.2) is 0 Å². The molecule has 0 aromatic heterocycles. The van der Waals surface area contributed by atoms with Gasteiger partial charge in [0.25, 0.3) is 0 Å². The van der Waals surface area contributed by atoms with Crippen LogP contribution in [0.5, 0.6) is 0 Å². The molecule has 2 atom stereocenters. The molecule has 3 aromatic carbocycles. The summed E-state index contributed by atoms with van der Waals surface area (Å²) in [5.74, 6) is -0.995. The molecule has 0 amide bonds. The van der Waals surface area contributed by atoms with Crippen molar-refractivity contribution in [2.75, 3.05) is 0 Å². The van der Waals surface area contributed by atoms with Gasteiger partial charge >= 0.3 is 11.9 Å². The second-order valence-corrected chi connectivity index (χ2v) is 8.13. The van der Waals surface area contributed by atoms with Crippen LogP contribution in [0.2, 0.25) is 0 Å². The van der Waals surface area contributed by atoms with Gasteiger partial charge in [-0.05, 0) is 42.7 Å². The van der Waals surface area contributed by atoms with Crippen molar-refractivity contribution in [1.82, 2.24) is 0 Å². The van der Waals surface area contributed by atoms with Crippen LogP contribution in [0.4, 0.5) is 0 Å². The van der Waals surface area contributed by atoms with Crippen LogP contribution in [-0.4, -0.2) is 24.1 Å². The standard InChI is InChI=1S/C29H32O4/c1-3-14-25(32-28(30)23-18-10-6-11-19-23)27(22-16-8-5-9-17-22)26(15-4-2)33-29(31)24-20-12-7-13-21-24/h5-13,16-21,25-27H,3-4,14-15H2,1-2H3. The van der Waals surface area contributed by atoms with Gasteiger partial charge in [0.2, 0.25) is 0 Å². The normalized spacial score (nSPS) is 13.5. The molecule has 3 aromatic rings. The number of carbonyl (C=O) groups is 2. The van der Waals surface area contributed by atoms with Crippen molar-refractivity contribution >= 4 is 11.9 Å². The van der Waals surface area contributed by atoms with Crippen molar-refractivity contribution < 1.29 is 19.1 Å². The molecule has 4 nitrogen and oxygen atoms in total. The Hall–Kier alpha value is -3.40. The van der Waals surface area contributed by atoms with Crippen molar-refractivity contribution in [3.63, 3.8) is 0 Å². The summed E-state index contributed by atoms with van der Waals surface area (Å²) in [5.41, 5.74) is 2.02. The highest BCUT2D eigenvalue weighted by Crippen LogP contribution is 2.34. The van der Waals surface area contributed by atoms with Gasteiger partial charge in [-0.3, -0.25) is 0 Å². The highest BCUT2D eigenvalue weighted by molar-refractivity contribution is 5.90. The summed E-state index contributed by atoms with van der Waals surface area (Å²) in [6, 6.07) is 27.9. The SMILES string of the molecule is CCCC(OC(=O)c1ccccc1)C(c1ccccc1)C(CCC)OC(=O)c1ccccc1. The molecule has 172 valence electrons. The number of rotatable bonds is 11. The zero-order valence-corrected chi connectivity index (χ0v) is 19.4. The first kappa shape index (κ1) is 24.2. The van der Waals surface area contributed by atoms with Crippen LogP contribution in [0.3, 0.4) is 0 Å². The number of benzene rings is 3. The van der Waals surface area contributed by atoms with Crippen molar-refractivity contribution in [2.45, 2.75) is 57.7 Å². The molecule has 0 spiro atoms. The molecule has 0 N–H and O–H groups in total. The minimum atomic E-state index is -0.426. The molecule has 0 aliphatic carbocycles. The first-order chi connectivity index (χ1) is 16.1. The summed E-state index contributed by atoms with van der Waals surface area (Å²) in [4.78, 5) is 25.9. The van der Waals surface area contributed by atoms with E-state index < -0.39 is 12.2 Å². The summed E-state index contributed by atoms with van der Waals surface area (Å²) in [5, 5.41) is 0. The van der Waals surface area contributed by atoms with Crippen molar-refractivity contribution in [3.8, 4) is 0 Å². The molecule has 0 aliphatic heterocycles. The molecular formula is C29H32O4. The molecule has 3 rings (SSSR count). The fourth-order valence-corrected chi connectivity index (χ4v) is 4.10. The fraction of sp³-hybridized carbons (Fsp3) is 0.310. The van der Waals surface area contributed by atoms with Crippen LogP contribution in [0.25, 0.3) is 0 Å². The van der Waals surface area contributed by atoms with E-state index in [1.54, 1.807) is 24.3 Å². The van der Waals surface area contributed by atoms with Gasteiger partial charge in [-0.2, -0.15) is 0 Å². The minimum Gasteiger partial charge on any atom is -0.458 e. The van der Waals surface area contributed by atoms with Gasteiger partial charge < -0.3 is 9.47 Å². The zero-order valence-electron chi connectivity index (χ0n) is 19.4. The molecule has 0 radical (unpaired) electrons. The van der Waals surface area contributed by atoms with Crippen LogP contribution in [0.1, 0.15) is 71.7 Å². The Bertz CT molecular complexity index is 922. The van der Waals surface area contributed by atoms with Gasteiger partial charge in [0.1, 0.15) is 12.2 Å². The van der Waals surface area contributed by atoms with Gasteiger partial charge in [-0.15, -0.1) is 0 Å². The molecule has 2 unspecified atom stereocenters. The van der Waals surface area contributed by atoms with Crippen LogP contribution in [0, 0.1) is 0 Å². The topological polar surface area (TPSA) is 52.6 Å². The quantitative estimate of drug-likeness (QED) is 0.304. The van der Waals surface area contributed by atoms with Crippen LogP contribution >= 0.6 is 0 Å². The molecule has 4 heteroatoms.